The molecule has 0 saturated heterocycles. The van der Waals surface area contributed by atoms with Crippen LogP contribution in [0.15, 0.2) is 54.9 Å². The maximum absolute atomic E-state index is 12.2. The Morgan fingerprint density at radius 2 is 2.20 bits per heavy atom. The first-order chi connectivity index (χ1) is 9.83. The molecule has 2 heteroatoms. The Morgan fingerprint density at radius 1 is 1.25 bits per heavy atom. The molecule has 0 radical (unpaired) electrons. The summed E-state index contributed by atoms with van der Waals surface area (Å²) in [6, 6.07) is 9.72. The van der Waals surface area contributed by atoms with Gasteiger partial charge in [0, 0.05) is 18.0 Å². The molecule has 0 N–H and O–H groups in total. The van der Waals surface area contributed by atoms with Crippen molar-refractivity contribution in [3.8, 4) is 0 Å². The molecule has 0 saturated carbocycles. The normalized spacial score (nSPS) is 13.4. The van der Waals surface area contributed by atoms with Crippen LogP contribution in [0.25, 0.3) is 12.2 Å². The van der Waals surface area contributed by atoms with Crippen LogP contribution in [0.5, 0.6) is 0 Å². The van der Waals surface area contributed by atoms with Crippen molar-refractivity contribution in [2.45, 2.75) is 12.8 Å². The minimum atomic E-state index is 0.0237. The Morgan fingerprint density at radius 3 is 3.05 bits per heavy atom. The van der Waals surface area contributed by atoms with E-state index in [-0.39, 0.29) is 5.78 Å². The first-order valence-electron chi connectivity index (χ1n) is 6.75. The predicted octanol–water partition coefficient (Wildman–Crippen LogP) is 3.94. The van der Waals surface area contributed by atoms with Crippen molar-refractivity contribution in [2.24, 2.45) is 0 Å². The molecule has 1 aliphatic carbocycles. The Hall–Kier alpha value is -2.48. The van der Waals surface area contributed by atoms with Crippen molar-refractivity contribution in [3.63, 3.8) is 0 Å². The topological polar surface area (TPSA) is 30.0 Å². The van der Waals surface area contributed by atoms with Gasteiger partial charge in [0.15, 0.2) is 5.78 Å². The molecule has 0 fully saturated rings. The molecule has 0 aliphatic heterocycles. The number of hydrogen-bond acceptors (Lipinski definition) is 2. The largest absolute Gasteiger partial charge is 0.289 e. The van der Waals surface area contributed by atoms with Gasteiger partial charge in [-0.25, -0.2) is 0 Å². The first-order valence-corrected chi connectivity index (χ1v) is 6.75. The van der Waals surface area contributed by atoms with Crippen LogP contribution in [0, 0.1) is 0 Å². The molecule has 0 atom stereocenters. The van der Waals surface area contributed by atoms with E-state index in [2.05, 4.69) is 23.2 Å². The fourth-order valence-corrected chi connectivity index (χ4v) is 2.32. The first kappa shape index (κ1) is 12.5. The molecule has 1 heterocycles. The van der Waals surface area contributed by atoms with E-state index in [0.717, 1.165) is 29.5 Å². The highest BCUT2D eigenvalue weighted by molar-refractivity contribution is 6.07. The van der Waals surface area contributed by atoms with Gasteiger partial charge in [-0.15, -0.1) is 0 Å². The summed E-state index contributed by atoms with van der Waals surface area (Å²) in [5.41, 5.74) is 4.14. The fourth-order valence-electron chi connectivity index (χ4n) is 2.32. The molecule has 0 bridgehead atoms. The molecule has 2 nitrogen and oxygen atoms in total. The summed E-state index contributed by atoms with van der Waals surface area (Å²) in [4.78, 5) is 16.2. The van der Waals surface area contributed by atoms with Gasteiger partial charge in [0.1, 0.15) is 0 Å². The molecule has 1 aromatic carbocycles. The highest BCUT2D eigenvalue weighted by Gasteiger charge is 2.08. The fraction of sp³-hybridized carbons (Fsp3) is 0.111. The maximum atomic E-state index is 12.2. The second kappa shape index (κ2) is 5.66. The molecule has 1 aromatic heterocycles. The Labute approximate surface area is 118 Å². The van der Waals surface area contributed by atoms with E-state index in [4.69, 9.17) is 0 Å². The minimum Gasteiger partial charge on any atom is -0.289 e. The van der Waals surface area contributed by atoms with E-state index >= 15 is 0 Å². The number of carbonyl (C=O) groups is 1. The molecule has 2 aromatic rings. The number of rotatable bonds is 3. The van der Waals surface area contributed by atoms with Crippen LogP contribution < -0.4 is 0 Å². The number of ketones is 1. The minimum absolute atomic E-state index is 0.0237. The number of aromatic nitrogens is 1. The highest BCUT2D eigenvalue weighted by Crippen LogP contribution is 2.21. The number of carbonyl (C=O) groups excluding carboxylic acids is 1. The zero-order valence-electron chi connectivity index (χ0n) is 11.1. The van der Waals surface area contributed by atoms with Crippen LogP contribution in [0.2, 0.25) is 0 Å². The molecular formula is C18H15NO. The molecule has 3 rings (SSSR count). The zero-order valence-corrected chi connectivity index (χ0v) is 11.1. The van der Waals surface area contributed by atoms with E-state index in [1.165, 1.54) is 5.56 Å². The summed E-state index contributed by atoms with van der Waals surface area (Å²) in [7, 11) is 0. The summed E-state index contributed by atoms with van der Waals surface area (Å²) in [5.74, 6) is 0.0237. The third-order valence-corrected chi connectivity index (χ3v) is 3.42. The van der Waals surface area contributed by atoms with Crippen LogP contribution in [0.1, 0.15) is 33.5 Å². The van der Waals surface area contributed by atoms with Gasteiger partial charge in [-0.2, -0.15) is 0 Å². The van der Waals surface area contributed by atoms with Crippen LogP contribution in [-0.4, -0.2) is 10.8 Å². The average Bonchev–Trinajstić information content (AvgIpc) is 2.53. The lowest BCUT2D eigenvalue weighted by atomic mass is 9.94. The predicted molar refractivity (Wildman–Crippen MR) is 81.4 cm³/mol. The Bertz CT molecular complexity index is 684. The molecule has 98 valence electrons. The van der Waals surface area contributed by atoms with Gasteiger partial charge in [0.25, 0.3) is 0 Å². The van der Waals surface area contributed by atoms with Crippen LogP contribution >= 0.6 is 0 Å². The summed E-state index contributed by atoms with van der Waals surface area (Å²) < 4.78 is 0. The second-order valence-electron chi connectivity index (χ2n) is 4.84. The third kappa shape index (κ3) is 2.75. The van der Waals surface area contributed by atoms with Gasteiger partial charge in [0.2, 0.25) is 0 Å². The van der Waals surface area contributed by atoms with E-state index < -0.39 is 0 Å². The van der Waals surface area contributed by atoms with E-state index in [1.807, 2.05) is 24.3 Å². The summed E-state index contributed by atoms with van der Waals surface area (Å²) in [6.45, 7) is 0. The standard InChI is InChI=1S/C18H15NO/c20-18(10-7-14-4-3-11-19-13-14)17-9-8-15-5-1-2-6-16(15)12-17/h2-4,6-13H,1,5H2/b10-7+. The molecular weight excluding hydrogens is 246 g/mol. The third-order valence-electron chi connectivity index (χ3n) is 3.42. The molecule has 0 unspecified atom stereocenters. The van der Waals surface area contributed by atoms with Gasteiger partial charge in [-0.1, -0.05) is 30.4 Å². The van der Waals surface area contributed by atoms with E-state index in [1.54, 1.807) is 24.5 Å². The van der Waals surface area contributed by atoms with Crippen molar-refractivity contribution in [1.82, 2.24) is 4.98 Å². The van der Waals surface area contributed by atoms with Gasteiger partial charge in [0.05, 0.1) is 0 Å². The lowest BCUT2D eigenvalue weighted by Crippen LogP contribution is -1.99. The summed E-state index contributed by atoms with van der Waals surface area (Å²) in [5, 5.41) is 0. The lowest BCUT2D eigenvalue weighted by Gasteiger charge is -2.10. The Kier molecular flexibility index (Phi) is 3.55. The second-order valence-corrected chi connectivity index (χ2v) is 4.84. The molecule has 0 amide bonds. The van der Waals surface area contributed by atoms with Crippen molar-refractivity contribution in [1.29, 1.82) is 0 Å². The van der Waals surface area contributed by atoms with Crippen LogP contribution in [-0.2, 0) is 6.42 Å². The van der Waals surface area contributed by atoms with Gasteiger partial charge in [-0.05, 0) is 53.8 Å². The lowest BCUT2D eigenvalue weighted by molar-refractivity contribution is 0.104. The molecule has 0 spiro atoms. The number of allylic oxidation sites excluding steroid dienone is 2. The van der Waals surface area contributed by atoms with E-state index in [0.29, 0.717) is 0 Å². The molecule has 1 aliphatic rings. The molecule has 20 heavy (non-hydrogen) atoms. The van der Waals surface area contributed by atoms with Crippen molar-refractivity contribution < 1.29 is 4.79 Å². The SMILES string of the molecule is O=C(/C=C/c1cccnc1)c1ccc2c(c1)C=CCC2. The van der Waals surface area contributed by atoms with Crippen LogP contribution in [0.3, 0.4) is 0 Å². The van der Waals surface area contributed by atoms with Crippen molar-refractivity contribution in [3.05, 3.63) is 77.1 Å². The van der Waals surface area contributed by atoms with E-state index in [9.17, 15) is 4.79 Å². The average molecular weight is 261 g/mol. The van der Waals surface area contributed by atoms with Gasteiger partial charge in [-0.3, -0.25) is 9.78 Å². The smallest absolute Gasteiger partial charge is 0.185 e. The summed E-state index contributed by atoms with van der Waals surface area (Å²) in [6.07, 6.45) is 13.2. The zero-order chi connectivity index (χ0) is 13.8. The van der Waals surface area contributed by atoms with Crippen molar-refractivity contribution in [2.75, 3.05) is 0 Å². The monoisotopic (exact) mass is 261 g/mol. The number of hydrogen-bond donors (Lipinski definition) is 0. The maximum Gasteiger partial charge on any atom is 0.185 e. The van der Waals surface area contributed by atoms with Crippen molar-refractivity contribution >= 4 is 17.9 Å². The number of benzene rings is 1. The highest BCUT2D eigenvalue weighted by atomic mass is 16.1. The number of nitrogens with zero attached hydrogens (tertiary/aromatic N) is 1. The number of aryl methyl sites for hydroxylation is 1. The van der Waals surface area contributed by atoms with Gasteiger partial charge < -0.3 is 0 Å². The Balaban J connectivity index is 1.81. The number of pyridine rings is 1. The quantitative estimate of drug-likeness (QED) is 0.619. The number of fused-ring (bicyclic) bond motifs is 1. The van der Waals surface area contributed by atoms with Crippen LogP contribution in [0.4, 0.5) is 0 Å². The summed E-state index contributed by atoms with van der Waals surface area (Å²) >= 11 is 0. The van der Waals surface area contributed by atoms with Gasteiger partial charge >= 0.3 is 0 Å².